The van der Waals surface area contributed by atoms with Gasteiger partial charge in [0.15, 0.2) is 5.13 Å². The number of hydrogen-bond acceptors (Lipinski definition) is 6. The first-order valence-electron chi connectivity index (χ1n) is 10.1. The van der Waals surface area contributed by atoms with Crippen LogP contribution in [-0.4, -0.2) is 41.6 Å². The van der Waals surface area contributed by atoms with Crippen molar-refractivity contribution in [1.29, 1.82) is 0 Å². The summed E-state index contributed by atoms with van der Waals surface area (Å²) in [6.45, 7) is 0.673. The normalized spacial score (nSPS) is 15.4. The van der Waals surface area contributed by atoms with Gasteiger partial charge in [0.2, 0.25) is 5.91 Å². The molecule has 0 saturated carbocycles. The van der Waals surface area contributed by atoms with Crippen LogP contribution in [0.5, 0.6) is 5.75 Å². The molecule has 1 saturated heterocycles. The second-order valence-electron chi connectivity index (χ2n) is 7.27. The van der Waals surface area contributed by atoms with Crippen LogP contribution in [-0.2, 0) is 16.1 Å². The van der Waals surface area contributed by atoms with Gasteiger partial charge in [-0.1, -0.05) is 30.3 Å². The Morgan fingerprint density at radius 1 is 1.25 bits per heavy atom. The number of anilines is 1. The van der Waals surface area contributed by atoms with Gasteiger partial charge in [-0.3, -0.25) is 9.69 Å². The first kappa shape index (κ1) is 22.3. The average molecular weight is 516 g/mol. The van der Waals surface area contributed by atoms with Crippen molar-refractivity contribution >= 4 is 44.4 Å². The third-order valence-electron chi connectivity index (χ3n) is 5.18. The molecule has 0 spiro atoms. The summed E-state index contributed by atoms with van der Waals surface area (Å²) in [7, 11) is 1.61. The van der Waals surface area contributed by atoms with Gasteiger partial charge in [-0.2, -0.15) is 0 Å². The maximum atomic E-state index is 12.9. The van der Waals surface area contributed by atoms with E-state index in [-0.39, 0.29) is 12.5 Å². The first-order valence-corrected chi connectivity index (χ1v) is 11.8. The van der Waals surface area contributed by atoms with Gasteiger partial charge >= 0.3 is 6.09 Å². The highest BCUT2D eigenvalue weighted by molar-refractivity contribution is 9.10. The molecule has 4 rings (SSSR count). The van der Waals surface area contributed by atoms with Crippen molar-refractivity contribution in [2.45, 2.75) is 25.5 Å². The Balaban J connectivity index is 1.38. The number of carbonyl (C=O) groups excluding carboxylic acids is 2. The number of ether oxygens (including phenoxy) is 2. The molecular formula is C23H22BrN3O4S. The van der Waals surface area contributed by atoms with E-state index < -0.39 is 12.1 Å². The highest BCUT2D eigenvalue weighted by atomic mass is 79.9. The Bertz CT molecular complexity index is 1110. The maximum Gasteiger partial charge on any atom is 0.410 e. The monoisotopic (exact) mass is 515 g/mol. The number of halogens is 1. The van der Waals surface area contributed by atoms with Crippen LogP contribution in [0.15, 0.2) is 58.4 Å². The molecule has 1 aliphatic rings. The molecule has 166 valence electrons. The van der Waals surface area contributed by atoms with Crippen molar-refractivity contribution in [2.24, 2.45) is 0 Å². The number of aromatic nitrogens is 1. The predicted octanol–water partition coefficient (Wildman–Crippen LogP) is 5.32. The van der Waals surface area contributed by atoms with Crippen molar-refractivity contribution in [3.8, 4) is 17.0 Å². The van der Waals surface area contributed by atoms with E-state index in [0.29, 0.717) is 18.1 Å². The van der Waals surface area contributed by atoms with E-state index in [0.717, 1.165) is 33.5 Å². The number of rotatable bonds is 6. The Morgan fingerprint density at radius 2 is 2.06 bits per heavy atom. The fourth-order valence-corrected chi connectivity index (χ4v) is 4.80. The van der Waals surface area contributed by atoms with E-state index in [9.17, 15) is 9.59 Å². The number of thiazole rings is 1. The quantitative estimate of drug-likeness (QED) is 0.480. The summed E-state index contributed by atoms with van der Waals surface area (Å²) in [6.07, 6.45) is 0.867. The SMILES string of the molecule is COc1ccc(-c2csc(NC(=O)[C@@H]3CCCN3C(=O)OCc3ccccc3)n2)cc1Br. The molecule has 0 aliphatic carbocycles. The lowest BCUT2D eigenvalue weighted by molar-refractivity contribution is -0.120. The lowest BCUT2D eigenvalue weighted by Crippen LogP contribution is -2.43. The van der Waals surface area contributed by atoms with E-state index >= 15 is 0 Å². The highest BCUT2D eigenvalue weighted by Crippen LogP contribution is 2.32. The van der Waals surface area contributed by atoms with Crippen LogP contribution in [0.4, 0.5) is 9.93 Å². The number of likely N-dealkylation sites (tertiary alicyclic amines) is 1. The summed E-state index contributed by atoms with van der Waals surface area (Å²) < 4.78 is 11.5. The molecular weight excluding hydrogens is 494 g/mol. The Kier molecular flexibility index (Phi) is 7.06. The summed E-state index contributed by atoms with van der Waals surface area (Å²) in [6, 6.07) is 14.6. The molecule has 0 unspecified atom stereocenters. The summed E-state index contributed by atoms with van der Waals surface area (Å²) >= 11 is 4.82. The van der Waals surface area contributed by atoms with Crippen LogP contribution in [0.1, 0.15) is 18.4 Å². The number of methoxy groups -OCH3 is 1. The zero-order valence-electron chi connectivity index (χ0n) is 17.4. The minimum absolute atomic E-state index is 0.178. The zero-order chi connectivity index (χ0) is 22.5. The molecule has 9 heteroatoms. The third-order valence-corrected chi connectivity index (χ3v) is 6.55. The fraction of sp³-hybridized carbons (Fsp3) is 0.261. The number of carbonyl (C=O) groups is 2. The molecule has 0 bridgehead atoms. The smallest absolute Gasteiger partial charge is 0.410 e. The van der Waals surface area contributed by atoms with Gasteiger partial charge in [0.25, 0.3) is 0 Å². The molecule has 1 aromatic heterocycles. The van der Waals surface area contributed by atoms with Gasteiger partial charge in [-0.05, 0) is 52.5 Å². The summed E-state index contributed by atoms with van der Waals surface area (Å²) in [5.74, 6) is 0.481. The molecule has 1 atom stereocenters. The lowest BCUT2D eigenvalue weighted by atomic mass is 10.2. The Morgan fingerprint density at radius 3 is 2.81 bits per heavy atom. The van der Waals surface area contributed by atoms with Crippen molar-refractivity contribution in [3.63, 3.8) is 0 Å². The number of hydrogen-bond donors (Lipinski definition) is 1. The number of nitrogens with zero attached hydrogens (tertiary/aromatic N) is 2. The van der Waals surface area contributed by atoms with Crippen molar-refractivity contribution in [1.82, 2.24) is 9.88 Å². The fourth-order valence-electron chi connectivity index (χ4n) is 3.54. The van der Waals surface area contributed by atoms with E-state index in [1.807, 2.05) is 53.9 Å². The van der Waals surface area contributed by atoms with Crippen LogP contribution in [0.2, 0.25) is 0 Å². The number of amides is 2. The van der Waals surface area contributed by atoms with Gasteiger partial charge in [-0.15, -0.1) is 11.3 Å². The number of nitrogens with one attached hydrogen (secondary N) is 1. The topological polar surface area (TPSA) is 80.8 Å². The van der Waals surface area contributed by atoms with Gasteiger partial charge in [0.1, 0.15) is 18.4 Å². The van der Waals surface area contributed by atoms with E-state index in [2.05, 4.69) is 26.2 Å². The van der Waals surface area contributed by atoms with E-state index in [4.69, 9.17) is 9.47 Å². The van der Waals surface area contributed by atoms with Crippen LogP contribution in [0.3, 0.4) is 0 Å². The van der Waals surface area contributed by atoms with Gasteiger partial charge in [0.05, 0.1) is 17.3 Å². The zero-order valence-corrected chi connectivity index (χ0v) is 19.8. The first-order chi connectivity index (χ1) is 15.5. The van der Waals surface area contributed by atoms with Crippen LogP contribution in [0.25, 0.3) is 11.3 Å². The van der Waals surface area contributed by atoms with Gasteiger partial charge in [-0.25, -0.2) is 9.78 Å². The van der Waals surface area contributed by atoms with Crippen LogP contribution < -0.4 is 10.1 Å². The number of benzene rings is 2. The van der Waals surface area contributed by atoms with E-state index in [1.54, 1.807) is 7.11 Å². The van der Waals surface area contributed by atoms with Crippen LogP contribution >= 0.6 is 27.3 Å². The standard InChI is InChI=1S/C23H22BrN3O4S/c1-30-20-10-9-16(12-17(20)24)18-14-32-22(25-18)26-21(28)19-8-5-11-27(19)23(29)31-13-15-6-3-2-4-7-15/h2-4,6-7,9-10,12,14,19H,5,8,11,13H2,1H3,(H,25,26,28)/t19-/m0/s1. The summed E-state index contributed by atoms with van der Waals surface area (Å²) in [5, 5.41) is 5.22. The van der Waals surface area contributed by atoms with E-state index in [1.165, 1.54) is 16.2 Å². The molecule has 1 N–H and O–H groups in total. The molecule has 7 nitrogen and oxygen atoms in total. The second-order valence-corrected chi connectivity index (χ2v) is 8.98. The predicted molar refractivity (Wildman–Crippen MR) is 127 cm³/mol. The molecule has 2 heterocycles. The molecule has 32 heavy (non-hydrogen) atoms. The minimum atomic E-state index is -0.569. The van der Waals surface area contributed by atoms with Crippen molar-refractivity contribution < 1.29 is 19.1 Å². The van der Waals surface area contributed by atoms with Crippen LogP contribution in [0, 0.1) is 0 Å². The largest absolute Gasteiger partial charge is 0.496 e. The maximum absolute atomic E-state index is 12.9. The minimum Gasteiger partial charge on any atom is -0.496 e. The summed E-state index contributed by atoms with van der Waals surface area (Å²) in [4.78, 5) is 31.4. The Labute approximate surface area is 198 Å². The molecule has 1 fully saturated rings. The molecule has 1 aliphatic heterocycles. The molecule has 0 radical (unpaired) electrons. The second kappa shape index (κ2) is 10.1. The average Bonchev–Trinajstić information content (AvgIpc) is 3.48. The van der Waals surface area contributed by atoms with Crippen molar-refractivity contribution in [3.05, 3.63) is 63.9 Å². The molecule has 3 aromatic rings. The molecule has 2 amide bonds. The van der Waals surface area contributed by atoms with Gasteiger partial charge in [0, 0.05) is 17.5 Å². The van der Waals surface area contributed by atoms with Gasteiger partial charge < -0.3 is 14.8 Å². The Hall–Kier alpha value is -2.91. The lowest BCUT2D eigenvalue weighted by Gasteiger charge is -2.22. The highest BCUT2D eigenvalue weighted by Gasteiger charge is 2.35. The molecule has 2 aromatic carbocycles. The van der Waals surface area contributed by atoms with Crippen molar-refractivity contribution in [2.75, 3.05) is 19.0 Å². The summed E-state index contributed by atoms with van der Waals surface area (Å²) in [5.41, 5.74) is 2.56. The third kappa shape index (κ3) is 5.11.